The molecule has 2 aromatic rings. The molecule has 0 saturated heterocycles. The molecule has 2 aromatic heterocycles. The number of aryl methyl sites for hydroxylation is 1. The molecule has 126 valence electrons. The molecule has 0 unspecified atom stereocenters. The van der Waals surface area contributed by atoms with Gasteiger partial charge in [-0.2, -0.15) is 0 Å². The highest BCUT2D eigenvalue weighted by Crippen LogP contribution is 2.23. The predicted octanol–water partition coefficient (Wildman–Crippen LogP) is 2.10. The molecule has 0 bridgehead atoms. The monoisotopic (exact) mass is 328 g/mol. The summed E-state index contributed by atoms with van der Waals surface area (Å²) >= 11 is 0. The van der Waals surface area contributed by atoms with E-state index in [-0.39, 0.29) is 24.8 Å². The van der Waals surface area contributed by atoms with Crippen molar-refractivity contribution in [2.45, 2.75) is 38.5 Å². The molecule has 2 amide bonds. The Bertz CT molecular complexity index is 712. The lowest BCUT2D eigenvalue weighted by atomic mass is 10.1. The Morgan fingerprint density at radius 3 is 2.92 bits per heavy atom. The van der Waals surface area contributed by atoms with Crippen molar-refractivity contribution in [1.29, 1.82) is 0 Å². The zero-order valence-corrected chi connectivity index (χ0v) is 13.4. The molecular formula is C17H20N4O3. The van der Waals surface area contributed by atoms with E-state index < -0.39 is 0 Å². The third kappa shape index (κ3) is 3.98. The minimum Gasteiger partial charge on any atom is -0.360 e. The smallest absolute Gasteiger partial charge is 0.273 e. The quantitative estimate of drug-likeness (QED) is 0.819. The minimum atomic E-state index is -0.281. The van der Waals surface area contributed by atoms with E-state index in [1.807, 2.05) is 0 Å². The van der Waals surface area contributed by atoms with Gasteiger partial charge in [-0.3, -0.25) is 14.6 Å². The summed E-state index contributed by atoms with van der Waals surface area (Å²) in [6.07, 6.45) is 8.30. The molecular weight excluding hydrogens is 308 g/mol. The van der Waals surface area contributed by atoms with Crippen LogP contribution in [0, 0.1) is 0 Å². The zero-order chi connectivity index (χ0) is 16.8. The van der Waals surface area contributed by atoms with Gasteiger partial charge in [0, 0.05) is 31.1 Å². The van der Waals surface area contributed by atoms with Gasteiger partial charge < -0.3 is 15.2 Å². The summed E-state index contributed by atoms with van der Waals surface area (Å²) in [4.78, 5) is 28.0. The van der Waals surface area contributed by atoms with Crippen LogP contribution in [0.2, 0.25) is 0 Å². The summed E-state index contributed by atoms with van der Waals surface area (Å²) in [5.41, 5.74) is 1.92. The van der Waals surface area contributed by atoms with Crippen molar-refractivity contribution < 1.29 is 14.1 Å². The van der Waals surface area contributed by atoms with Crippen LogP contribution in [0.5, 0.6) is 0 Å². The molecule has 1 aliphatic carbocycles. The van der Waals surface area contributed by atoms with Crippen LogP contribution in [0.1, 0.15) is 47.5 Å². The van der Waals surface area contributed by atoms with E-state index in [1.54, 1.807) is 24.5 Å². The molecule has 3 rings (SSSR count). The first-order valence-corrected chi connectivity index (χ1v) is 8.19. The van der Waals surface area contributed by atoms with Gasteiger partial charge in [-0.05, 0) is 31.4 Å². The van der Waals surface area contributed by atoms with Crippen molar-refractivity contribution in [2.75, 3.05) is 11.9 Å². The number of nitrogens with one attached hydrogen (secondary N) is 2. The number of carbonyl (C=O) groups excluding carboxylic acids is 2. The van der Waals surface area contributed by atoms with E-state index in [2.05, 4.69) is 20.8 Å². The number of fused-ring (bicyclic) bond motifs is 1. The van der Waals surface area contributed by atoms with Gasteiger partial charge in [-0.15, -0.1) is 0 Å². The van der Waals surface area contributed by atoms with Gasteiger partial charge in [0.25, 0.3) is 5.91 Å². The zero-order valence-electron chi connectivity index (χ0n) is 13.4. The number of hydrogen-bond acceptors (Lipinski definition) is 5. The Hall–Kier alpha value is -2.70. The van der Waals surface area contributed by atoms with Gasteiger partial charge in [0.15, 0.2) is 5.69 Å². The summed E-state index contributed by atoms with van der Waals surface area (Å²) in [6, 6.07) is 3.50. The van der Waals surface area contributed by atoms with Crippen LogP contribution in [-0.4, -0.2) is 28.5 Å². The molecule has 0 aliphatic heterocycles. The normalized spacial score (nSPS) is 13.7. The summed E-state index contributed by atoms with van der Waals surface area (Å²) in [5.74, 6) is 0.366. The van der Waals surface area contributed by atoms with Crippen molar-refractivity contribution in [3.05, 3.63) is 41.5 Å². The molecule has 2 N–H and O–H groups in total. The van der Waals surface area contributed by atoms with Crippen LogP contribution in [0.15, 0.2) is 29.0 Å². The van der Waals surface area contributed by atoms with Crippen molar-refractivity contribution in [3.8, 4) is 0 Å². The van der Waals surface area contributed by atoms with E-state index in [9.17, 15) is 9.59 Å². The summed E-state index contributed by atoms with van der Waals surface area (Å²) < 4.78 is 5.30. The lowest BCUT2D eigenvalue weighted by Crippen LogP contribution is -2.28. The first-order valence-electron chi connectivity index (χ1n) is 8.19. The van der Waals surface area contributed by atoms with Crippen molar-refractivity contribution >= 4 is 17.5 Å². The maximum Gasteiger partial charge on any atom is 0.273 e. The van der Waals surface area contributed by atoms with Crippen LogP contribution in [0.3, 0.4) is 0 Å². The van der Waals surface area contributed by atoms with Gasteiger partial charge in [-0.1, -0.05) is 11.6 Å². The Labute approximate surface area is 139 Å². The number of rotatable bonds is 5. The van der Waals surface area contributed by atoms with E-state index in [4.69, 9.17) is 4.52 Å². The average Bonchev–Trinajstić information content (AvgIpc) is 2.84. The number of nitrogens with zero attached hydrogens (tertiary/aromatic N) is 2. The number of carbonyl (C=O) groups is 2. The highest BCUT2D eigenvalue weighted by atomic mass is 16.5. The Morgan fingerprint density at radius 2 is 2.08 bits per heavy atom. The number of aromatic nitrogens is 2. The highest BCUT2D eigenvalue weighted by molar-refractivity contribution is 5.95. The molecule has 24 heavy (non-hydrogen) atoms. The number of hydrogen-bond donors (Lipinski definition) is 2. The molecule has 0 atom stereocenters. The predicted molar refractivity (Wildman–Crippen MR) is 87.6 cm³/mol. The molecule has 2 heterocycles. The largest absolute Gasteiger partial charge is 0.360 e. The maximum absolute atomic E-state index is 12.3. The second kappa shape index (κ2) is 7.72. The third-order valence-corrected chi connectivity index (χ3v) is 4.00. The molecule has 0 saturated carbocycles. The summed E-state index contributed by atoms with van der Waals surface area (Å²) in [6.45, 7) is 0.243. The first-order chi connectivity index (χ1) is 11.7. The maximum atomic E-state index is 12.3. The Balaban J connectivity index is 1.49. The third-order valence-electron chi connectivity index (χ3n) is 4.00. The number of amides is 2. The molecule has 1 aliphatic rings. The van der Waals surface area contributed by atoms with Crippen LogP contribution in [0.25, 0.3) is 0 Å². The molecule has 7 heteroatoms. The van der Waals surface area contributed by atoms with Gasteiger partial charge in [0.05, 0.1) is 11.9 Å². The molecule has 0 spiro atoms. The first kappa shape index (κ1) is 16.2. The van der Waals surface area contributed by atoms with E-state index >= 15 is 0 Å². The van der Waals surface area contributed by atoms with E-state index in [0.717, 1.165) is 43.4 Å². The van der Waals surface area contributed by atoms with Gasteiger partial charge in [0.2, 0.25) is 5.91 Å². The molecule has 0 aromatic carbocycles. The van der Waals surface area contributed by atoms with Crippen LogP contribution in [-0.2, 0) is 17.6 Å². The second-order valence-corrected chi connectivity index (χ2v) is 5.79. The summed E-state index contributed by atoms with van der Waals surface area (Å²) in [7, 11) is 0. The van der Waals surface area contributed by atoms with Crippen molar-refractivity contribution in [2.24, 2.45) is 0 Å². The minimum absolute atomic E-state index is 0.178. The topological polar surface area (TPSA) is 97.1 Å². The SMILES string of the molecule is O=C(CCNC(=O)c1noc2c1CCCCC2)Nc1cccnc1. The Kier molecular flexibility index (Phi) is 5.20. The van der Waals surface area contributed by atoms with Gasteiger partial charge in [0.1, 0.15) is 5.76 Å². The Morgan fingerprint density at radius 1 is 1.21 bits per heavy atom. The van der Waals surface area contributed by atoms with Gasteiger partial charge in [-0.25, -0.2) is 0 Å². The van der Waals surface area contributed by atoms with E-state index in [1.165, 1.54) is 0 Å². The molecule has 0 radical (unpaired) electrons. The fraction of sp³-hybridized carbons (Fsp3) is 0.412. The van der Waals surface area contributed by atoms with Crippen LogP contribution < -0.4 is 10.6 Å². The summed E-state index contributed by atoms with van der Waals surface area (Å²) in [5, 5.41) is 9.37. The average molecular weight is 328 g/mol. The van der Waals surface area contributed by atoms with Gasteiger partial charge >= 0.3 is 0 Å². The number of pyridine rings is 1. The van der Waals surface area contributed by atoms with E-state index in [0.29, 0.717) is 11.4 Å². The standard InChI is InChI=1S/C17H20N4O3/c22-15(20-12-5-4-9-18-11-12)8-10-19-17(23)16-13-6-2-1-3-7-14(13)24-21-16/h4-5,9,11H,1-3,6-8,10H2,(H,19,23)(H,20,22). The lowest BCUT2D eigenvalue weighted by molar-refractivity contribution is -0.116. The number of anilines is 1. The van der Waals surface area contributed by atoms with Crippen LogP contribution in [0.4, 0.5) is 5.69 Å². The van der Waals surface area contributed by atoms with Crippen molar-refractivity contribution in [1.82, 2.24) is 15.5 Å². The van der Waals surface area contributed by atoms with Crippen LogP contribution >= 0.6 is 0 Å². The fourth-order valence-electron chi connectivity index (χ4n) is 2.77. The second-order valence-electron chi connectivity index (χ2n) is 5.79. The fourth-order valence-corrected chi connectivity index (χ4v) is 2.77. The molecule has 7 nitrogen and oxygen atoms in total. The lowest BCUT2D eigenvalue weighted by Gasteiger charge is -2.06. The van der Waals surface area contributed by atoms with Crippen molar-refractivity contribution in [3.63, 3.8) is 0 Å². The highest BCUT2D eigenvalue weighted by Gasteiger charge is 2.22. The molecule has 0 fully saturated rings.